The highest BCUT2D eigenvalue weighted by Crippen LogP contribution is 2.70. The molecule has 0 saturated heterocycles. The summed E-state index contributed by atoms with van der Waals surface area (Å²) in [6.45, 7) is 6.56. The minimum atomic E-state index is -0.596. The van der Waals surface area contributed by atoms with Gasteiger partial charge in [-0.25, -0.2) is 0 Å². The van der Waals surface area contributed by atoms with Gasteiger partial charge in [0, 0.05) is 18.3 Å². The Bertz CT molecular complexity index is 343. The molecule has 3 aliphatic carbocycles. The molecule has 3 fully saturated rings. The van der Waals surface area contributed by atoms with Gasteiger partial charge in [0.2, 0.25) is 0 Å². The van der Waals surface area contributed by atoms with E-state index in [1.165, 1.54) is 0 Å². The number of carbonyl (C=O) groups excluding carboxylic acids is 1. The number of aliphatic hydroxyl groups is 1. The van der Waals surface area contributed by atoms with E-state index in [0.717, 1.165) is 25.7 Å². The van der Waals surface area contributed by atoms with Crippen LogP contribution in [0.2, 0.25) is 0 Å². The average molecular weight is 222 g/mol. The Kier molecular flexibility index (Phi) is 1.95. The van der Waals surface area contributed by atoms with Crippen molar-refractivity contribution >= 4 is 5.78 Å². The van der Waals surface area contributed by atoms with Crippen LogP contribution in [0.5, 0.6) is 0 Å². The second kappa shape index (κ2) is 2.90. The minimum absolute atomic E-state index is 0.159. The molecule has 0 aromatic rings. The molecule has 5 unspecified atom stereocenters. The molecular formula is C14H22O2. The van der Waals surface area contributed by atoms with Crippen molar-refractivity contribution in [3.63, 3.8) is 0 Å². The molecule has 90 valence electrons. The molecule has 0 aromatic carbocycles. The normalized spacial score (nSPS) is 54.1. The van der Waals surface area contributed by atoms with Crippen LogP contribution < -0.4 is 0 Å². The van der Waals surface area contributed by atoms with Crippen molar-refractivity contribution in [2.24, 2.45) is 29.1 Å². The van der Waals surface area contributed by atoms with Gasteiger partial charge >= 0.3 is 0 Å². The van der Waals surface area contributed by atoms with Crippen LogP contribution in [0.1, 0.15) is 46.5 Å². The Morgan fingerprint density at radius 2 is 1.88 bits per heavy atom. The van der Waals surface area contributed by atoms with Crippen molar-refractivity contribution in [2.45, 2.75) is 52.1 Å². The third-order valence-electron chi connectivity index (χ3n) is 5.75. The summed E-state index contributed by atoms with van der Waals surface area (Å²) < 4.78 is 0. The van der Waals surface area contributed by atoms with Gasteiger partial charge in [-0.3, -0.25) is 4.79 Å². The Balaban J connectivity index is 1.98. The van der Waals surface area contributed by atoms with Crippen molar-refractivity contribution in [3.05, 3.63) is 0 Å². The first-order chi connectivity index (χ1) is 7.36. The molecule has 2 heteroatoms. The molecular weight excluding hydrogens is 200 g/mol. The quantitative estimate of drug-likeness (QED) is 0.683. The van der Waals surface area contributed by atoms with Gasteiger partial charge in [-0.1, -0.05) is 13.8 Å². The van der Waals surface area contributed by atoms with Crippen molar-refractivity contribution in [1.29, 1.82) is 0 Å². The molecule has 1 N–H and O–H groups in total. The summed E-state index contributed by atoms with van der Waals surface area (Å²) >= 11 is 0. The number of hydrogen-bond donors (Lipinski definition) is 1. The van der Waals surface area contributed by atoms with Crippen LogP contribution in [0.4, 0.5) is 0 Å². The zero-order valence-electron chi connectivity index (χ0n) is 10.5. The van der Waals surface area contributed by atoms with Crippen LogP contribution in [0.15, 0.2) is 0 Å². The lowest BCUT2D eigenvalue weighted by atomic mass is 9.79. The number of carbonyl (C=O) groups is 1. The van der Waals surface area contributed by atoms with E-state index in [1.807, 2.05) is 6.92 Å². The van der Waals surface area contributed by atoms with Gasteiger partial charge in [-0.2, -0.15) is 0 Å². The summed E-state index contributed by atoms with van der Waals surface area (Å²) in [5.74, 6) is 2.08. The van der Waals surface area contributed by atoms with Gasteiger partial charge in [0.15, 0.2) is 0 Å². The molecule has 0 heterocycles. The molecule has 3 aliphatic rings. The van der Waals surface area contributed by atoms with Crippen molar-refractivity contribution in [2.75, 3.05) is 0 Å². The highest BCUT2D eigenvalue weighted by atomic mass is 16.3. The molecule has 3 rings (SSSR count). The lowest BCUT2D eigenvalue weighted by molar-refractivity contribution is -0.125. The third kappa shape index (κ3) is 1.20. The smallest absolute Gasteiger partial charge is 0.136 e. The number of rotatable bonds is 0. The molecule has 0 bridgehead atoms. The fourth-order valence-electron chi connectivity index (χ4n) is 4.76. The van der Waals surface area contributed by atoms with Gasteiger partial charge in [0.25, 0.3) is 0 Å². The second-order valence-corrected chi connectivity index (χ2v) is 6.99. The largest absolute Gasteiger partial charge is 0.390 e. The zero-order chi connectivity index (χ0) is 11.7. The van der Waals surface area contributed by atoms with Crippen molar-refractivity contribution < 1.29 is 9.90 Å². The van der Waals surface area contributed by atoms with E-state index in [2.05, 4.69) is 13.8 Å². The highest BCUT2D eigenvalue weighted by molar-refractivity contribution is 5.82. The van der Waals surface area contributed by atoms with E-state index >= 15 is 0 Å². The SMILES string of the molecule is CC1(O)CCC2C(=O)CCC3C(C21)C3(C)C. The lowest BCUT2D eigenvalue weighted by Crippen LogP contribution is -2.36. The van der Waals surface area contributed by atoms with E-state index in [1.54, 1.807) is 0 Å². The van der Waals surface area contributed by atoms with Crippen LogP contribution in [-0.4, -0.2) is 16.5 Å². The van der Waals surface area contributed by atoms with Crippen LogP contribution in [-0.2, 0) is 4.79 Å². The monoisotopic (exact) mass is 222 g/mol. The van der Waals surface area contributed by atoms with E-state index in [0.29, 0.717) is 23.0 Å². The number of ketones is 1. The van der Waals surface area contributed by atoms with Crippen LogP contribution >= 0.6 is 0 Å². The second-order valence-electron chi connectivity index (χ2n) is 6.99. The van der Waals surface area contributed by atoms with Gasteiger partial charge in [0.05, 0.1) is 5.60 Å². The molecule has 0 radical (unpaired) electrons. The number of fused-ring (bicyclic) bond motifs is 3. The van der Waals surface area contributed by atoms with Crippen LogP contribution in [0, 0.1) is 29.1 Å². The van der Waals surface area contributed by atoms with Crippen LogP contribution in [0.25, 0.3) is 0 Å². The van der Waals surface area contributed by atoms with E-state index in [4.69, 9.17) is 0 Å². The Morgan fingerprint density at radius 1 is 1.19 bits per heavy atom. The predicted octanol–water partition coefficient (Wildman–Crippen LogP) is 2.40. The minimum Gasteiger partial charge on any atom is -0.390 e. The molecule has 3 saturated carbocycles. The number of Topliss-reactive ketones (excluding diaryl/α,β-unsaturated/α-hetero) is 1. The van der Waals surface area contributed by atoms with Gasteiger partial charge in [-0.05, 0) is 43.4 Å². The van der Waals surface area contributed by atoms with E-state index in [9.17, 15) is 9.90 Å². The first-order valence-electron chi connectivity index (χ1n) is 6.61. The molecule has 0 aliphatic heterocycles. The fraction of sp³-hybridized carbons (Fsp3) is 0.929. The first-order valence-corrected chi connectivity index (χ1v) is 6.61. The Hall–Kier alpha value is -0.370. The molecule has 2 nitrogen and oxygen atoms in total. The Labute approximate surface area is 97.4 Å². The topological polar surface area (TPSA) is 37.3 Å². The maximum Gasteiger partial charge on any atom is 0.136 e. The average Bonchev–Trinajstić information content (AvgIpc) is 2.61. The maximum absolute atomic E-state index is 12.0. The summed E-state index contributed by atoms with van der Waals surface area (Å²) in [6.07, 6.45) is 3.53. The standard InChI is InChI=1S/C14H22O2/c1-13(2)9-4-5-10(15)8-6-7-14(3,16)11(8)12(9)13/h8-9,11-12,16H,4-7H2,1-3H3. The van der Waals surface area contributed by atoms with Gasteiger partial charge in [-0.15, -0.1) is 0 Å². The van der Waals surface area contributed by atoms with Crippen molar-refractivity contribution in [1.82, 2.24) is 0 Å². The third-order valence-corrected chi connectivity index (χ3v) is 5.75. The molecule has 16 heavy (non-hydrogen) atoms. The van der Waals surface area contributed by atoms with Gasteiger partial charge in [0.1, 0.15) is 5.78 Å². The van der Waals surface area contributed by atoms with Gasteiger partial charge < -0.3 is 5.11 Å². The van der Waals surface area contributed by atoms with E-state index in [-0.39, 0.29) is 11.8 Å². The Morgan fingerprint density at radius 3 is 2.56 bits per heavy atom. The molecule has 0 spiro atoms. The van der Waals surface area contributed by atoms with E-state index < -0.39 is 5.60 Å². The summed E-state index contributed by atoms with van der Waals surface area (Å²) in [6, 6.07) is 0. The summed E-state index contributed by atoms with van der Waals surface area (Å²) in [4.78, 5) is 12.0. The summed E-state index contributed by atoms with van der Waals surface area (Å²) in [5, 5.41) is 10.5. The lowest BCUT2D eigenvalue weighted by Gasteiger charge is -2.30. The highest BCUT2D eigenvalue weighted by Gasteiger charge is 2.68. The van der Waals surface area contributed by atoms with Crippen molar-refractivity contribution in [3.8, 4) is 0 Å². The molecule has 0 aromatic heterocycles. The molecule has 5 atom stereocenters. The zero-order valence-corrected chi connectivity index (χ0v) is 10.5. The summed E-state index contributed by atoms with van der Waals surface area (Å²) in [5.41, 5.74) is -0.237. The summed E-state index contributed by atoms with van der Waals surface area (Å²) in [7, 11) is 0. The molecule has 0 amide bonds. The number of hydrogen-bond acceptors (Lipinski definition) is 2. The van der Waals surface area contributed by atoms with Crippen LogP contribution in [0.3, 0.4) is 0 Å². The maximum atomic E-state index is 12.0. The fourth-order valence-corrected chi connectivity index (χ4v) is 4.76. The predicted molar refractivity (Wildman–Crippen MR) is 61.8 cm³/mol. The first kappa shape index (κ1) is 10.8.